The summed E-state index contributed by atoms with van der Waals surface area (Å²) in [6.07, 6.45) is 0. The molecule has 2 heterocycles. The number of rotatable bonds is 8. The van der Waals surface area contributed by atoms with E-state index < -0.39 is 17.8 Å². The number of carbonyl (C=O) groups is 2. The first kappa shape index (κ1) is 21.9. The van der Waals surface area contributed by atoms with Crippen LogP contribution in [0.2, 0.25) is 0 Å². The molecule has 0 aliphatic rings. The van der Waals surface area contributed by atoms with Gasteiger partial charge in [0.25, 0.3) is 5.91 Å². The molecule has 0 aliphatic carbocycles. The number of aromatic nitrogens is 4. The molecular formula is C19H21FN6O2S2. The molecule has 3 rings (SSSR count). The summed E-state index contributed by atoms with van der Waals surface area (Å²) >= 11 is 2.61. The molecule has 0 saturated carbocycles. The number of aryl methyl sites for hydroxylation is 1. The van der Waals surface area contributed by atoms with Crippen LogP contribution in [0.25, 0.3) is 0 Å². The number of nitrogens with one attached hydrogen (secondary N) is 2. The van der Waals surface area contributed by atoms with Gasteiger partial charge in [-0.05, 0) is 32.9 Å². The van der Waals surface area contributed by atoms with Crippen molar-refractivity contribution in [2.75, 3.05) is 11.1 Å². The van der Waals surface area contributed by atoms with Crippen molar-refractivity contribution in [3.63, 3.8) is 0 Å². The first-order valence-corrected chi connectivity index (χ1v) is 11.1. The van der Waals surface area contributed by atoms with Gasteiger partial charge in [0.05, 0.1) is 23.1 Å². The zero-order chi connectivity index (χ0) is 21.7. The van der Waals surface area contributed by atoms with Crippen LogP contribution in [0.15, 0.2) is 34.8 Å². The highest BCUT2D eigenvalue weighted by molar-refractivity contribution is 7.99. The van der Waals surface area contributed by atoms with E-state index >= 15 is 0 Å². The van der Waals surface area contributed by atoms with E-state index in [4.69, 9.17) is 0 Å². The Hall–Kier alpha value is -2.79. The number of nitrogens with zero attached hydrogens (tertiary/aromatic N) is 4. The maximum absolute atomic E-state index is 13.8. The van der Waals surface area contributed by atoms with Crippen LogP contribution in [-0.4, -0.2) is 37.3 Å². The van der Waals surface area contributed by atoms with Gasteiger partial charge < -0.3 is 15.2 Å². The second kappa shape index (κ2) is 9.81. The number of hydrogen-bond donors (Lipinski definition) is 2. The van der Waals surface area contributed by atoms with Crippen molar-refractivity contribution >= 4 is 40.0 Å². The molecule has 0 aliphatic heterocycles. The molecule has 1 aromatic carbocycles. The number of thiazole rings is 1. The van der Waals surface area contributed by atoms with Crippen molar-refractivity contribution in [2.45, 2.75) is 38.5 Å². The van der Waals surface area contributed by atoms with Crippen LogP contribution in [0.5, 0.6) is 0 Å². The predicted molar refractivity (Wildman–Crippen MR) is 114 cm³/mol. The SMILES string of the molecule is CCn1c(SCC(=O)Nc2nc(C)cs2)nnc1C(C)NC(=O)c1ccccc1F. The minimum absolute atomic E-state index is 0.0318. The summed E-state index contributed by atoms with van der Waals surface area (Å²) in [6.45, 7) is 6.08. The first-order chi connectivity index (χ1) is 14.4. The number of anilines is 1. The van der Waals surface area contributed by atoms with Gasteiger partial charge in [-0.25, -0.2) is 9.37 Å². The van der Waals surface area contributed by atoms with Crippen LogP contribution in [0.3, 0.4) is 0 Å². The van der Waals surface area contributed by atoms with Crippen molar-refractivity contribution < 1.29 is 14.0 Å². The molecule has 2 aromatic heterocycles. The molecule has 11 heteroatoms. The summed E-state index contributed by atoms with van der Waals surface area (Å²) in [6, 6.07) is 5.29. The topological polar surface area (TPSA) is 102 Å². The Balaban J connectivity index is 1.63. The average molecular weight is 449 g/mol. The lowest BCUT2D eigenvalue weighted by molar-refractivity contribution is -0.113. The monoisotopic (exact) mass is 448 g/mol. The Kier molecular flexibility index (Phi) is 7.16. The Morgan fingerprint density at radius 3 is 2.73 bits per heavy atom. The number of amides is 2. The van der Waals surface area contributed by atoms with E-state index in [1.54, 1.807) is 13.0 Å². The number of halogens is 1. The second-order valence-corrected chi connectivity index (χ2v) is 8.19. The summed E-state index contributed by atoms with van der Waals surface area (Å²) < 4.78 is 15.7. The Morgan fingerprint density at radius 1 is 1.30 bits per heavy atom. The first-order valence-electron chi connectivity index (χ1n) is 9.22. The van der Waals surface area contributed by atoms with E-state index in [9.17, 15) is 14.0 Å². The van der Waals surface area contributed by atoms with Gasteiger partial charge in [-0.15, -0.1) is 21.5 Å². The van der Waals surface area contributed by atoms with Gasteiger partial charge in [0.2, 0.25) is 5.91 Å². The van der Waals surface area contributed by atoms with E-state index in [0.717, 1.165) is 5.69 Å². The number of hydrogen-bond acceptors (Lipinski definition) is 7. The standard InChI is InChI=1S/C19H21FN6O2S2/c1-4-26-16(12(3)22-17(28)13-7-5-6-8-14(13)20)24-25-19(26)30-10-15(27)23-18-21-11(2)9-29-18/h5-9,12H,4,10H2,1-3H3,(H,22,28)(H,21,23,27). The van der Waals surface area contributed by atoms with E-state index in [1.807, 2.05) is 23.8 Å². The van der Waals surface area contributed by atoms with Gasteiger partial charge in [-0.2, -0.15) is 0 Å². The lowest BCUT2D eigenvalue weighted by Crippen LogP contribution is -2.29. The van der Waals surface area contributed by atoms with Crippen LogP contribution < -0.4 is 10.6 Å². The molecule has 1 unspecified atom stereocenters. The Bertz CT molecular complexity index is 1050. The third-order valence-corrected chi connectivity index (χ3v) is 5.96. The highest BCUT2D eigenvalue weighted by Gasteiger charge is 2.21. The van der Waals surface area contributed by atoms with E-state index in [0.29, 0.717) is 22.7 Å². The minimum atomic E-state index is -0.586. The molecule has 30 heavy (non-hydrogen) atoms. The summed E-state index contributed by atoms with van der Waals surface area (Å²) in [5.41, 5.74) is 0.820. The van der Waals surface area contributed by atoms with E-state index in [1.165, 1.54) is 41.3 Å². The van der Waals surface area contributed by atoms with E-state index in [-0.39, 0.29) is 17.2 Å². The molecule has 0 spiro atoms. The van der Waals surface area contributed by atoms with Gasteiger partial charge in [-0.1, -0.05) is 23.9 Å². The third kappa shape index (κ3) is 5.22. The van der Waals surface area contributed by atoms with Gasteiger partial charge in [0.1, 0.15) is 5.82 Å². The van der Waals surface area contributed by atoms with Crippen LogP contribution in [0, 0.1) is 12.7 Å². The highest BCUT2D eigenvalue weighted by atomic mass is 32.2. The normalized spacial score (nSPS) is 11.9. The lowest BCUT2D eigenvalue weighted by atomic mass is 10.2. The van der Waals surface area contributed by atoms with Gasteiger partial charge >= 0.3 is 0 Å². The van der Waals surface area contributed by atoms with Gasteiger partial charge in [0.15, 0.2) is 16.1 Å². The molecule has 0 radical (unpaired) electrons. The third-order valence-electron chi connectivity index (χ3n) is 4.11. The highest BCUT2D eigenvalue weighted by Crippen LogP contribution is 2.22. The summed E-state index contributed by atoms with van der Waals surface area (Å²) in [7, 11) is 0. The second-order valence-electron chi connectivity index (χ2n) is 6.39. The molecule has 2 N–H and O–H groups in total. The fourth-order valence-electron chi connectivity index (χ4n) is 2.71. The molecule has 1 atom stereocenters. The molecular weight excluding hydrogens is 427 g/mol. The van der Waals surface area contributed by atoms with Crippen LogP contribution in [-0.2, 0) is 11.3 Å². The lowest BCUT2D eigenvalue weighted by Gasteiger charge is -2.15. The van der Waals surface area contributed by atoms with Crippen molar-refractivity contribution in [1.82, 2.24) is 25.1 Å². The molecule has 158 valence electrons. The number of thioether (sulfide) groups is 1. The maximum Gasteiger partial charge on any atom is 0.254 e. The summed E-state index contributed by atoms with van der Waals surface area (Å²) in [5, 5.41) is 16.8. The fraction of sp³-hybridized carbons (Fsp3) is 0.316. The summed E-state index contributed by atoms with van der Waals surface area (Å²) in [5.74, 6) is -0.634. The van der Waals surface area contributed by atoms with Crippen molar-refractivity contribution in [1.29, 1.82) is 0 Å². The van der Waals surface area contributed by atoms with Gasteiger partial charge in [0, 0.05) is 11.9 Å². The average Bonchev–Trinajstić information content (AvgIpc) is 3.32. The van der Waals surface area contributed by atoms with Crippen LogP contribution in [0.4, 0.5) is 9.52 Å². The zero-order valence-corrected chi connectivity index (χ0v) is 18.3. The number of benzene rings is 1. The van der Waals surface area contributed by atoms with Crippen molar-refractivity contribution in [3.05, 3.63) is 52.5 Å². The Labute approximate surface area is 181 Å². The summed E-state index contributed by atoms with van der Waals surface area (Å²) in [4.78, 5) is 28.7. The minimum Gasteiger partial charge on any atom is -0.342 e. The fourth-order valence-corrected chi connectivity index (χ4v) is 4.22. The van der Waals surface area contributed by atoms with Crippen LogP contribution in [0.1, 0.15) is 41.8 Å². The molecule has 2 amide bonds. The largest absolute Gasteiger partial charge is 0.342 e. The molecule has 0 bridgehead atoms. The smallest absolute Gasteiger partial charge is 0.254 e. The molecule has 8 nitrogen and oxygen atoms in total. The maximum atomic E-state index is 13.8. The van der Waals surface area contributed by atoms with E-state index in [2.05, 4.69) is 25.8 Å². The molecule has 0 fully saturated rings. The van der Waals surface area contributed by atoms with Crippen molar-refractivity contribution in [3.8, 4) is 0 Å². The quantitative estimate of drug-likeness (QED) is 0.512. The Morgan fingerprint density at radius 2 is 2.07 bits per heavy atom. The van der Waals surface area contributed by atoms with Crippen LogP contribution >= 0.6 is 23.1 Å². The number of carbonyl (C=O) groups excluding carboxylic acids is 2. The van der Waals surface area contributed by atoms with Gasteiger partial charge in [-0.3, -0.25) is 9.59 Å². The molecule has 3 aromatic rings. The predicted octanol–water partition coefficient (Wildman–Crippen LogP) is 3.42. The zero-order valence-electron chi connectivity index (χ0n) is 16.7. The molecule has 0 saturated heterocycles. The van der Waals surface area contributed by atoms with Crippen molar-refractivity contribution in [2.24, 2.45) is 0 Å².